The van der Waals surface area contributed by atoms with Crippen LogP contribution in [0.3, 0.4) is 0 Å². The second-order valence-corrected chi connectivity index (χ2v) is 5.14. The van der Waals surface area contributed by atoms with Crippen molar-refractivity contribution in [3.63, 3.8) is 0 Å². The van der Waals surface area contributed by atoms with Crippen molar-refractivity contribution in [2.24, 2.45) is 11.7 Å². The monoisotopic (exact) mass is 289 g/mol. The topological polar surface area (TPSA) is 92.5 Å². The zero-order valence-electron chi connectivity index (χ0n) is 11.7. The third-order valence-electron chi connectivity index (χ3n) is 3.67. The Morgan fingerprint density at radius 3 is 2.33 bits per heavy atom. The Balaban J connectivity index is 1.80. The van der Waals surface area contributed by atoms with Crippen molar-refractivity contribution < 1.29 is 14.4 Å². The molecular weight excluding hydrogens is 270 g/mol. The largest absolute Gasteiger partial charge is 0.369 e. The lowest BCUT2D eigenvalue weighted by Gasteiger charge is -2.29. The molecule has 1 saturated heterocycles. The zero-order valence-corrected chi connectivity index (χ0v) is 11.7. The van der Waals surface area contributed by atoms with Gasteiger partial charge in [-0.15, -0.1) is 0 Å². The lowest BCUT2D eigenvalue weighted by atomic mass is 9.96. The SMILES string of the molecule is NC(=O)C1CCN(C(=O)C(=O)NCc2ccccc2)CC1. The summed E-state index contributed by atoms with van der Waals surface area (Å²) in [5.74, 6) is -1.69. The number of nitrogens with one attached hydrogen (secondary N) is 1. The quantitative estimate of drug-likeness (QED) is 0.769. The molecule has 0 unspecified atom stereocenters. The molecule has 0 spiro atoms. The van der Waals surface area contributed by atoms with Gasteiger partial charge >= 0.3 is 11.8 Å². The van der Waals surface area contributed by atoms with Crippen molar-refractivity contribution in [1.29, 1.82) is 0 Å². The number of rotatable bonds is 3. The third-order valence-corrected chi connectivity index (χ3v) is 3.67. The average molecular weight is 289 g/mol. The number of piperidine rings is 1. The van der Waals surface area contributed by atoms with E-state index < -0.39 is 11.8 Å². The third kappa shape index (κ3) is 4.05. The smallest absolute Gasteiger partial charge is 0.311 e. The van der Waals surface area contributed by atoms with Crippen LogP contribution in [0.5, 0.6) is 0 Å². The molecule has 1 heterocycles. The van der Waals surface area contributed by atoms with Crippen LogP contribution >= 0.6 is 0 Å². The number of carbonyl (C=O) groups excluding carboxylic acids is 3. The highest BCUT2D eigenvalue weighted by Gasteiger charge is 2.28. The van der Waals surface area contributed by atoms with Crippen molar-refractivity contribution in [3.8, 4) is 0 Å². The molecule has 1 aromatic carbocycles. The number of likely N-dealkylation sites (tertiary alicyclic amines) is 1. The van der Waals surface area contributed by atoms with Crippen LogP contribution in [0, 0.1) is 5.92 Å². The van der Waals surface area contributed by atoms with Crippen LogP contribution in [0.2, 0.25) is 0 Å². The van der Waals surface area contributed by atoms with Crippen molar-refractivity contribution in [3.05, 3.63) is 35.9 Å². The van der Waals surface area contributed by atoms with Gasteiger partial charge in [0.15, 0.2) is 0 Å². The fourth-order valence-electron chi connectivity index (χ4n) is 2.36. The van der Waals surface area contributed by atoms with Crippen LogP contribution < -0.4 is 11.1 Å². The number of carbonyl (C=O) groups is 3. The summed E-state index contributed by atoms with van der Waals surface area (Å²) in [7, 11) is 0. The number of nitrogens with two attached hydrogens (primary N) is 1. The number of nitrogens with zero attached hydrogens (tertiary/aromatic N) is 1. The molecule has 21 heavy (non-hydrogen) atoms. The molecule has 3 amide bonds. The van der Waals surface area contributed by atoms with Gasteiger partial charge in [-0.2, -0.15) is 0 Å². The fraction of sp³-hybridized carbons (Fsp3) is 0.400. The summed E-state index contributed by atoms with van der Waals surface area (Å²) in [4.78, 5) is 36.4. The van der Waals surface area contributed by atoms with E-state index in [2.05, 4.69) is 5.32 Å². The molecule has 0 aliphatic carbocycles. The second-order valence-electron chi connectivity index (χ2n) is 5.14. The fourth-order valence-corrected chi connectivity index (χ4v) is 2.36. The first-order chi connectivity index (χ1) is 10.1. The summed E-state index contributed by atoms with van der Waals surface area (Å²) in [6.45, 7) is 1.11. The van der Waals surface area contributed by atoms with E-state index in [1.165, 1.54) is 4.90 Å². The lowest BCUT2D eigenvalue weighted by Crippen LogP contribution is -2.47. The Morgan fingerprint density at radius 1 is 1.14 bits per heavy atom. The number of hydrogen-bond acceptors (Lipinski definition) is 3. The van der Waals surface area contributed by atoms with Crippen LogP contribution in [-0.4, -0.2) is 35.7 Å². The molecule has 2 rings (SSSR count). The highest BCUT2D eigenvalue weighted by Crippen LogP contribution is 2.16. The van der Waals surface area contributed by atoms with Crippen LogP contribution in [-0.2, 0) is 20.9 Å². The van der Waals surface area contributed by atoms with E-state index in [1.54, 1.807) is 0 Å². The standard InChI is InChI=1S/C15H19N3O3/c16-13(19)12-6-8-18(9-7-12)15(21)14(20)17-10-11-4-2-1-3-5-11/h1-5,12H,6-10H2,(H2,16,19)(H,17,20). The van der Waals surface area contributed by atoms with E-state index in [4.69, 9.17) is 5.73 Å². The van der Waals surface area contributed by atoms with Crippen molar-refractivity contribution in [2.45, 2.75) is 19.4 Å². The Morgan fingerprint density at radius 2 is 1.76 bits per heavy atom. The minimum Gasteiger partial charge on any atom is -0.369 e. The van der Waals surface area contributed by atoms with Crippen LogP contribution in [0.25, 0.3) is 0 Å². The Hall–Kier alpha value is -2.37. The molecule has 0 saturated carbocycles. The molecule has 0 radical (unpaired) electrons. The molecule has 3 N–H and O–H groups in total. The molecule has 0 aromatic heterocycles. The predicted molar refractivity (Wildman–Crippen MR) is 76.8 cm³/mol. The van der Waals surface area contributed by atoms with Crippen molar-refractivity contribution in [1.82, 2.24) is 10.2 Å². The lowest BCUT2D eigenvalue weighted by molar-refractivity contribution is -0.147. The summed E-state index contributed by atoms with van der Waals surface area (Å²) >= 11 is 0. The number of benzene rings is 1. The first-order valence-electron chi connectivity index (χ1n) is 6.98. The molecule has 1 aliphatic rings. The first kappa shape index (κ1) is 15.0. The molecule has 6 heteroatoms. The number of primary amides is 1. The Labute approximate surface area is 123 Å². The van der Waals surface area contributed by atoms with E-state index in [9.17, 15) is 14.4 Å². The van der Waals surface area contributed by atoms with Gasteiger partial charge in [0.2, 0.25) is 5.91 Å². The molecule has 1 fully saturated rings. The maximum atomic E-state index is 12.0. The van der Waals surface area contributed by atoms with Crippen molar-refractivity contribution >= 4 is 17.7 Å². The van der Waals surface area contributed by atoms with Gasteiger partial charge < -0.3 is 16.0 Å². The number of amides is 3. The predicted octanol–water partition coefficient (Wildman–Crippen LogP) is 0.0267. The van der Waals surface area contributed by atoms with Gasteiger partial charge in [0, 0.05) is 25.6 Å². The zero-order chi connectivity index (χ0) is 15.2. The molecule has 1 aliphatic heterocycles. The van der Waals surface area contributed by atoms with Crippen molar-refractivity contribution in [2.75, 3.05) is 13.1 Å². The van der Waals surface area contributed by atoms with E-state index in [1.807, 2.05) is 30.3 Å². The van der Waals surface area contributed by atoms with Gasteiger partial charge in [-0.3, -0.25) is 14.4 Å². The van der Waals surface area contributed by atoms with E-state index in [0.29, 0.717) is 32.5 Å². The highest BCUT2D eigenvalue weighted by molar-refractivity contribution is 6.35. The Bertz CT molecular complexity index is 522. The summed E-state index contributed by atoms with van der Waals surface area (Å²) in [5.41, 5.74) is 6.18. The van der Waals surface area contributed by atoms with Gasteiger partial charge in [-0.05, 0) is 18.4 Å². The van der Waals surface area contributed by atoms with Gasteiger partial charge in [-0.25, -0.2) is 0 Å². The molecule has 0 atom stereocenters. The maximum absolute atomic E-state index is 12.0. The second kappa shape index (κ2) is 6.88. The molecular formula is C15H19N3O3. The van der Waals surface area contributed by atoms with Crippen LogP contribution in [0.4, 0.5) is 0 Å². The summed E-state index contributed by atoms with van der Waals surface area (Å²) in [6, 6.07) is 9.39. The van der Waals surface area contributed by atoms with E-state index >= 15 is 0 Å². The van der Waals surface area contributed by atoms with Gasteiger partial charge in [0.1, 0.15) is 0 Å². The highest BCUT2D eigenvalue weighted by atomic mass is 16.2. The molecule has 1 aromatic rings. The minimum absolute atomic E-state index is 0.193. The Kier molecular flexibility index (Phi) is 4.92. The average Bonchev–Trinajstić information content (AvgIpc) is 2.53. The molecule has 112 valence electrons. The summed E-state index contributed by atoms with van der Waals surface area (Å²) < 4.78 is 0. The first-order valence-corrected chi connectivity index (χ1v) is 6.98. The summed E-state index contributed by atoms with van der Waals surface area (Å²) in [6.07, 6.45) is 1.04. The summed E-state index contributed by atoms with van der Waals surface area (Å²) in [5, 5.41) is 2.61. The molecule has 6 nitrogen and oxygen atoms in total. The van der Waals surface area contributed by atoms with Crippen LogP contribution in [0.1, 0.15) is 18.4 Å². The van der Waals surface area contributed by atoms with Gasteiger partial charge in [0.05, 0.1) is 0 Å². The van der Waals surface area contributed by atoms with Gasteiger partial charge in [0.25, 0.3) is 0 Å². The normalized spacial score (nSPS) is 15.5. The molecule has 0 bridgehead atoms. The maximum Gasteiger partial charge on any atom is 0.311 e. The van der Waals surface area contributed by atoms with Gasteiger partial charge in [-0.1, -0.05) is 30.3 Å². The van der Waals surface area contributed by atoms with E-state index in [0.717, 1.165) is 5.56 Å². The van der Waals surface area contributed by atoms with E-state index in [-0.39, 0.29) is 11.8 Å². The minimum atomic E-state index is -0.614. The number of hydrogen-bond donors (Lipinski definition) is 2. The van der Waals surface area contributed by atoms with Crippen LogP contribution in [0.15, 0.2) is 30.3 Å².